The van der Waals surface area contributed by atoms with Crippen LogP contribution < -0.4 is 11.1 Å². The zero-order chi connectivity index (χ0) is 39.3. The minimum absolute atomic E-state index is 0.687. The number of hydrogen-bond donors (Lipinski definition) is 2. The Morgan fingerprint density at radius 2 is 0.949 bits per heavy atom. The molecule has 0 atom stereocenters. The maximum absolute atomic E-state index is 6.63. The first kappa shape index (κ1) is 34.4. The third kappa shape index (κ3) is 6.00. The molecule has 0 spiro atoms. The molecule has 1 aromatic heterocycles. The summed E-state index contributed by atoms with van der Waals surface area (Å²) in [7, 11) is 0. The minimum atomic E-state index is 0.687. The van der Waals surface area contributed by atoms with Crippen molar-refractivity contribution in [3.63, 3.8) is 0 Å². The first-order valence-electron chi connectivity index (χ1n) is 20.1. The van der Waals surface area contributed by atoms with Gasteiger partial charge in [0, 0.05) is 27.4 Å². The quantitative estimate of drug-likeness (QED) is 0.126. The number of hydrogen-bond acceptors (Lipinski definition) is 2. The first-order valence-corrected chi connectivity index (χ1v) is 20.1. The molecule has 0 amide bonds. The number of rotatable bonds is 7. The van der Waals surface area contributed by atoms with Gasteiger partial charge in [-0.15, -0.1) is 0 Å². The lowest BCUT2D eigenvalue weighted by atomic mass is 9.94. The third-order valence-electron chi connectivity index (χ3n) is 11.7. The molecule has 278 valence electrons. The summed E-state index contributed by atoms with van der Waals surface area (Å²) in [5.41, 5.74) is 19.4. The Balaban J connectivity index is 1.17. The van der Waals surface area contributed by atoms with Crippen molar-refractivity contribution in [1.29, 1.82) is 0 Å². The van der Waals surface area contributed by atoms with Crippen molar-refractivity contribution in [2.45, 2.75) is 0 Å². The summed E-state index contributed by atoms with van der Waals surface area (Å²) < 4.78 is 2.47. The number of nitrogen functional groups attached to an aromatic ring is 1. The van der Waals surface area contributed by atoms with E-state index in [0.29, 0.717) is 5.69 Å². The van der Waals surface area contributed by atoms with Gasteiger partial charge in [-0.05, 0) is 109 Å². The summed E-state index contributed by atoms with van der Waals surface area (Å²) >= 11 is 0. The van der Waals surface area contributed by atoms with Gasteiger partial charge in [0.15, 0.2) is 0 Å². The van der Waals surface area contributed by atoms with Gasteiger partial charge in [-0.1, -0.05) is 164 Å². The summed E-state index contributed by atoms with van der Waals surface area (Å²) in [5.74, 6) is 0. The molecule has 3 N–H and O–H groups in total. The lowest BCUT2D eigenvalue weighted by molar-refractivity contribution is 1.20. The number of aromatic nitrogens is 1. The SMILES string of the molecule is Nc1ccccc1N/C(=C/c1cc(-c2ccccc2)cc(-c2ccccc2)c1)c1cccc2c(-n3c4ccc5ccccc5c4c4c5ccccc5ccc43)cccc12. The van der Waals surface area contributed by atoms with Gasteiger partial charge in [-0.2, -0.15) is 0 Å². The second-order valence-corrected chi connectivity index (χ2v) is 15.2. The fraction of sp³-hybridized carbons (Fsp3) is 0. The highest BCUT2D eigenvalue weighted by atomic mass is 15.0. The Bertz CT molecular complexity index is 3260. The van der Waals surface area contributed by atoms with E-state index in [0.717, 1.165) is 50.1 Å². The molecule has 0 fully saturated rings. The molecular formula is C56H39N3. The van der Waals surface area contributed by atoms with Crippen LogP contribution in [0.3, 0.4) is 0 Å². The summed E-state index contributed by atoms with van der Waals surface area (Å²) in [6.07, 6.45) is 2.27. The average Bonchev–Trinajstić information content (AvgIpc) is 3.65. The summed E-state index contributed by atoms with van der Waals surface area (Å²) in [6.45, 7) is 0. The zero-order valence-corrected chi connectivity index (χ0v) is 32.3. The lowest BCUT2D eigenvalue weighted by Gasteiger charge is -2.18. The zero-order valence-electron chi connectivity index (χ0n) is 32.3. The van der Waals surface area contributed by atoms with E-state index in [2.05, 4.69) is 204 Å². The van der Waals surface area contributed by atoms with Crippen LogP contribution in [0.2, 0.25) is 0 Å². The van der Waals surface area contributed by atoms with E-state index in [1.165, 1.54) is 54.5 Å². The van der Waals surface area contributed by atoms with Gasteiger partial charge in [-0.25, -0.2) is 0 Å². The Kier molecular flexibility index (Phi) is 8.30. The van der Waals surface area contributed by atoms with Crippen LogP contribution in [0, 0.1) is 0 Å². The van der Waals surface area contributed by atoms with E-state index in [-0.39, 0.29) is 0 Å². The van der Waals surface area contributed by atoms with Crippen LogP contribution in [-0.4, -0.2) is 4.57 Å². The highest BCUT2D eigenvalue weighted by molar-refractivity contribution is 6.29. The van der Waals surface area contributed by atoms with Crippen molar-refractivity contribution in [2.24, 2.45) is 0 Å². The van der Waals surface area contributed by atoms with E-state index in [4.69, 9.17) is 5.73 Å². The van der Waals surface area contributed by atoms with E-state index in [1.54, 1.807) is 0 Å². The van der Waals surface area contributed by atoms with E-state index in [1.807, 2.05) is 24.3 Å². The highest BCUT2D eigenvalue weighted by Gasteiger charge is 2.20. The van der Waals surface area contributed by atoms with Gasteiger partial charge >= 0.3 is 0 Å². The molecule has 3 nitrogen and oxygen atoms in total. The molecule has 0 aliphatic rings. The Labute approximate surface area is 342 Å². The fourth-order valence-electron chi connectivity index (χ4n) is 8.96. The topological polar surface area (TPSA) is 43.0 Å². The summed E-state index contributed by atoms with van der Waals surface area (Å²) in [4.78, 5) is 0. The summed E-state index contributed by atoms with van der Waals surface area (Å²) in [5, 5.41) is 13.6. The molecule has 0 saturated heterocycles. The normalized spacial score (nSPS) is 11.9. The smallest absolute Gasteiger partial charge is 0.0618 e. The summed E-state index contributed by atoms with van der Waals surface area (Å²) in [6, 6.07) is 76.0. The third-order valence-corrected chi connectivity index (χ3v) is 11.7. The number of anilines is 2. The lowest BCUT2D eigenvalue weighted by Crippen LogP contribution is -2.03. The Morgan fingerprint density at radius 3 is 1.58 bits per heavy atom. The molecule has 0 saturated carbocycles. The molecular weight excluding hydrogens is 715 g/mol. The van der Waals surface area contributed by atoms with Crippen LogP contribution in [0.4, 0.5) is 11.4 Å². The van der Waals surface area contributed by atoms with Crippen LogP contribution in [-0.2, 0) is 0 Å². The molecule has 0 aliphatic heterocycles. The van der Waals surface area contributed by atoms with Gasteiger partial charge < -0.3 is 15.6 Å². The second kappa shape index (κ2) is 14.3. The van der Waals surface area contributed by atoms with Crippen molar-refractivity contribution < 1.29 is 0 Å². The van der Waals surface area contributed by atoms with Gasteiger partial charge in [0.2, 0.25) is 0 Å². The van der Waals surface area contributed by atoms with Crippen LogP contribution in [0.15, 0.2) is 212 Å². The average molecular weight is 754 g/mol. The monoisotopic (exact) mass is 753 g/mol. The second-order valence-electron chi connectivity index (χ2n) is 15.2. The number of fused-ring (bicyclic) bond motifs is 8. The molecule has 0 aliphatic carbocycles. The molecule has 0 radical (unpaired) electrons. The van der Waals surface area contributed by atoms with Crippen LogP contribution >= 0.6 is 0 Å². The van der Waals surface area contributed by atoms with Gasteiger partial charge in [0.25, 0.3) is 0 Å². The van der Waals surface area contributed by atoms with Crippen molar-refractivity contribution in [2.75, 3.05) is 11.1 Å². The fourth-order valence-corrected chi connectivity index (χ4v) is 8.96. The standard InChI is InChI=1S/C56H39N3/c57-49-26-11-12-27-50(49)58-51(35-37-33-42(38-15-3-1-4-16-38)36-43(34-37)39-17-5-2-6-18-39)47-24-13-25-48-46(47)23-14-28-52(48)59-53-31-29-40-19-7-9-21-44(40)55(53)56-45-22-10-8-20-41(45)30-32-54(56)59/h1-36,58H,57H2/b51-35+. The number of nitrogens with zero attached hydrogens (tertiary/aromatic N) is 1. The number of nitrogens with one attached hydrogen (secondary N) is 1. The number of benzene rings is 10. The van der Waals surface area contributed by atoms with Crippen molar-refractivity contribution in [1.82, 2.24) is 4.57 Å². The molecule has 0 unspecified atom stereocenters. The predicted molar refractivity (Wildman–Crippen MR) is 253 cm³/mol. The van der Waals surface area contributed by atoms with Crippen molar-refractivity contribution in [3.8, 4) is 27.9 Å². The molecule has 3 heteroatoms. The van der Waals surface area contributed by atoms with Crippen molar-refractivity contribution in [3.05, 3.63) is 223 Å². The van der Waals surface area contributed by atoms with Gasteiger partial charge in [0.1, 0.15) is 0 Å². The number of nitrogens with two attached hydrogens (primary N) is 1. The molecule has 1 heterocycles. The minimum Gasteiger partial charge on any atom is -0.397 e. The predicted octanol–water partition coefficient (Wildman–Crippen LogP) is 14.8. The molecule has 59 heavy (non-hydrogen) atoms. The Morgan fingerprint density at radius 1 is 0.424 bits per heavy atom. The van der Waals surface area contributed by atoms with Crippen LogP contribution in [0.25, 0.3) is 93.8 Å². The Hall–Kier alpha value is -7.88. The molecule has 10 aromatic carbocycles. The first-order chi connectivity index (χ1) is 29.2. The van der Waals surface area contributed by atoms with E-state index >= 15 is 0 Å². The maximum Gasteiger partial charge on any atom is 0.0618 e. The maximum atomic E-state index is 6.63. The molecule has 11 rings (SSSR count). The van der Waals surface area contributed by atoms with Gasteiger partial charge in [-0.3, -0.25) is 0 Å². The highest BCUT2D eigenvalue weighted by Crippen LogP contribution is 2.42. The molecule has 0 bridgehead atoms. The van der Waals surface area contributed by atoms with Crippen LogP contribution in [0.1, 0.15) is 11.1 Å². The van der Waals surface area contributed by atoms with Crippen LogP contribution in [0.5, 0.6) is 0 Å². The van der Waals surface area contributed by atoms with Crippen molar-refractivity contribution >= 4 is 77.3 Å². The van der Waals surface area contributed by atoms with E-state index in [9.17, 15) is 0 Å². The van der Waals surface area contributed by atoms with Gasteiger partial charge in [0.05, 0.1) is 28.1 Å². The van der Waals surface area contributed by atoms with E-state index < -0.39 is 0 Å². The largest absolute Gasteiger partial charge is 0.397 e. The number of para-hydroxylation sites is 2. The molecule has 11 aromatic rings.